The number of nitrogens with one attached hydrogen (secondary N) is 3. The SMILES string of the molecule is CC(C)(C)c1cc(NC(=O)C(C)(C)C2CCCNC2)n[nH]1. The van der Waals surface area contributed by atoms with Crippen molar-refractivity contribution in [3.8, 4) is 0 Å². The average Bonchev–Trinajstić information content (AvgIpc) is 2.88. The number of rotatable bonds is 3. The Morgan fingerprint density at radius 2 is 2.05 bits per heavy atom. The third-order valence-electron chi connectivity index (χ3n) is 4.53. The van der Waals surface area contributed by atoms with Gasteiger partial charge in [-0.15, -0.1) is 0 Å². The molecule has 0 bridgehead atoms. The van der Waals surface area contributed by atoms with Gasteiger partial charge in [0.15, 0.2) is 5.82 Å². The summed E-state index contributed by atoms with van der Waals surface area (Å²) in [5, 5.41) is 13.6. The Balaban J connectivity index is 2.04. The summed E-state index contributed by atoms with van der Waals surface area (Å²) in [6, 6.07) is 1.92. The number of hydrogen-bond acceptors (Lipinski definition) is 3. The van der Waals surface area contributed by atoms with E-state index >= 15 is 0 Å². The van der Waals surface area contributed by atoms with Gasteiger partial charge in [-0.25, -0.2) is 0 Å². The fourth-order valence-corrected chi connectivity index (χ4v) is 2.70. The molecule has 1 aromatic rings. The first kappa shape index (κ1) is 16.0. The van der Waals surface area contributed by atoms with Crippen LogP contribution in [0.3, 0.4) is 0 Å². The highest BCUT2D eigenvalue weighted by molar-refractivity contribution is 5.94. The first-order chi connectivity index (χ1) is 9.71. The van der Waals surface area contributed by atoms with Gasteiger partial charge in [-0.1, -0.05) is 34.6 Å². The van der Waals surface area contributed by atoms with Gasteiger partial charge in [-0.2, -0.15) is 5.10 Å². The van der Waals surface area contributed by atoms with Gasteiger partial charge in [0.1, 0.15) is 0 Å². The number of carbonyl (C=O) groups excluding carboxylic acids is 1. The Kier molecular flexibility index (Phi) is 4.42. The van der Waals surface area contributed by atoms with Gasteiger partial charge in [0.2, 0.25) is 5.91 Å². The van der Waals surface area contributed by atoms with Gasteiger partial charge in [0.05, 0.1) is 0 Å². The van der Waals surface area contributed by atoms with Crippen molar-refractivity contribution >= 4 is 11.7 Å². The standard InChI is InChI=1S/C16H28N4O/c1-15(2,3)12-9-13(20-19-12)18-14(21)16(4,5)11-7-6-8-17-10-11/h9,11,17H,6-8,10H2,1-5H3,(H2,18,19,20,21). The number of amides is 1. The molecule has 1 aromatic heterocycles. The van der Waals surface area contributed by atoms with Crippen molar-refractivity contribution in [2.24, 2.45) is 11.3 Å². The highest BCUT2D eigenvalue weighted by atomic mass is 16.2. The van der Waals surface area contributed by atoms with E-state index in [1.807, 2.05) is 19.9 Å². The van der Waals surface area contributed by atoms with Crippen molar-refractivity contribution in [3.63, 3.8) is 0 Å². The number of H-pyrrole nitrogens is 1. The van der Waals surface area contributed by atoms with Crippen LogP contribution in [0.4, 0.5) is 5.82 Å². The molecule has 0 spiro atoms. The lowest BCUT2D eigenvalue weighted by Crippen LogP contribution is -2.44. The summed E-state index contributed by atoms with van der Waals surface area (Å²) in [6.07, 6.45) is 2.24. The Bertz CT molecular complexity index is 493. The molecule has 1 saturated heterocycles. The second-order valence-corrected chi connectivity index (χ2v) is 7.64. The van der Waals surface area contributed by atoms with Crippen LogP contribution in [0, 0.1) is 11.3 Å². The quantitative estimate of drug-likeness (QED) is 0.802. The van der Waals surface area contributed by atoms with E-state index in [4.69, 9.17) is 0 Å². The van der Waals surface area contributed by atoms with E-state index in [9.17, 15) is 4.79 Å². The van der Waals surface area contributed by atoms with Crippen LogP contribution in [0.5, 0.6) is 0 Å². The zero-order valence-electron chi connectivity index (χ0n) is 13.8. The molecule has 1 aliphatic heterocycles. The van der Waals surface area contributed by atoms with Crippen molar-refractivity contribution in [1.82, 2.24) is 15.5 Å². The molecule has 0 aliphatic carbocycles. The van der Waals surface area contributed by atoms with E-state index in [-0.39, 0.29) is 11.3 Å². The number of carbonyl (C=O) groups is 1. The molecule has 2 heterocycles. The van der Waals surface area contributed by atoms with E-state index in [0.717, 1.165) is 31.6 Å². The minimum atomic E-state index is -0.395. The van der Waals surface area contributed by atoms with E-state index in [1.54, 1.807) is 0 Å². The minimum absolute atomic E-state index is 0.00121. The number of piperidine rings is 1. The topological polar surface area (TPSA) is 69.8 Å². The van der Waals surface area contributed by atoms with Crippen molar-refractivity contribution in [3.05, 3.63) is 11.8 Å². The number of hydrogen-bond donors (Lipinski definition) is 3. The lowest BCUT2D eigenvalue weighted by Gasteiger charge is -2.35. The van der Waals surface area contributed by atoms with Gasteiger partial charge in [0, 0.05) is 22.6 Å². The molecule has 21 heavy (non-hydrogen) atoms. The largest absolute Gasteiger partial charge is 0.316 e. The first-order valence-electron chi connectivity index (χ1n) is 7.79. The molecule has 1 fully saturated rings. The smallest absolute Gasteiger partial charge is 0.231 e. The number of aromatic amines is 1. The fraction of sp³-hybridized carbons (Fsp3) is 0.750. The van der Waals surface area contributed by atoms with E-state index in [0.29, 0.717) is 11.7 Å². The minimum Gasteiger partial charge on any atom is -0.316 e. The predicted molar refractivity (Wildman–Crippen MR) is 85.3 cm³/mol. The molecule has 1 aliphatic rings. The molecule has 0 saturated carbocycles. The van der Waals surface area contributed by atoms with Crippen molar-refractivity contribution in [2.75, 3.05) is 18.4 Å². The van der Waals surface area contributed by atoms with Gasteiger partial charge < -0.3 is 10.6 Å². The molecule has 5 heteroatoms. The molecule has 2 rings (SSSR count). The van der Waals surface area contributed by atoms with E-state index in [2.05, 4.69) is 41.6 Å². The average molecular weight is 292 g/mol. The molecule has 5 nitrogen and oxygen atoms in total. The fourth-order valence-electron chi connectivity index (χ4n) is 2.70. The maximum atomic E-state index is 12.6. The van der Waals surface area contributed by atoms with Crippen LogP contribution in [0.15, 0.2) is 6.07 Å². The van der Waals surface area contributed by atoms with Crippen LogP contribution in [0.1, 0.15) is 53.2 Å². The number of nitrogens with zero attached hydrogens (tertiary/aromatic N) is 1. The summed E-state index contributed by atoms with van der Waals surface area (Å²) < 4.78 is 0. The molecule has 0 aromatic carbocycles. The van der Waals surface area contributed by atoms with Gasteiger partial charge in [0.25, 0.3) is 0 Å². The second kappa shape index (κ2) is 5.79. The Morgan fingerprint density at radius 3 is 2.57 bits per heavy atom. The highest BCUT2D eigenvalue weighted by Crippen LogP contribution is 2.33. The third kappa shape index (κ3) is 3.64. The van der Waals surface area contributed by atoms with E-state index < -0.39 is 5.41 Å². The molecular formula is C16H28N4O. The Morgan fingerprint density at radius 1 is 1.33 bits per heavy atom. The molecule has 3 N–H and O–H groups in total. The lowest BCUT2D eigenvalue weighted by atomic mass is 9.74. The van der Waals surface area contributed by atoms with Crippen LogP contribution in [-0.4, -0.2) is 29.2 Å². The molecule has 1 atom stereocenters. The summed E-state index contributed by atoms with van der Waals surface area (Å²) in [5.74, 6) is 1.03. The first-order valence-corrected chi connectivity index (χ1v) is 7.79. The van der Waals surface area contributed by atoms with Crippen LogP contribution in [0.2, 0.25) is 0 Å². The zero-order valence-corrected chi connectivity index (χ0v) is 13.8. The third-order valence-corrected chi connectivity index (χ3v) is 4.53. The summed E-state index contributed by atoms with van der Waals surface area (Å²) in [7, 11) is 0. The molecule has 0 radical (unpaired) electrons. The molecule has 1 amide bonds. The summed E-state index contributed by atoms with van der Waals surface area (Å²) in [6.45, 7) is 12.4. The van der Waals surface area contributed by atoms with Crippen LogP contribution >= 0.6 is 0 Å². The second-order valence-electron chi connectivity index (χ2n) is 7.64. The monoisotopic (exact) mass is 292 g/mol. The van der Waals surface area contributed by atoms with Crippen molar-refractivity contribution in [1.29, 1.82) is 0 Å². The molecular weight excluding hydrogens is 264 g/mol. The highest BCUT2D eigenvalue weighted by Gasteiger charge is 2.37. The zero-order chi connectivity index (χ0) is 15.7. The van der Waals surface area contributed by atoms with Gasteiger partial charge in [-0.3, -0.25) is 9.89 Å². The maximum absolute atomic E-state index is 12.6. The summed E-state index contributed by atoms with van der Waals surface area (Å²) in [4.78, 5) is 12.6. The molecule has 118 valence electrons. The number of anilines is 1. The predicted octanol–water partition coefficient (Wildman–Crippen LogP) is 2.67. The molecule has 1 unspecified atom stereocenters. The van der Waals surface area contributed by atoms with Crippen molar-refractivity contribution in [2.45, 2.75) is 52.9 Å². The summed E-state index contributed by atoms with van der Waals surface area (Å²) >= 11 is 0. The summed E-state index contributed by atoms with van der Waals surface area (Å²) in [5.41, 5.74) is 0.627. The van der Waals surface area contributed by atoms with Crippen molar-refractivity contribution < 1.29 is 4.79 Å². The normalized spacial score (nSPS) is 20.3. The Hall–Kier alpha value is -1.36. The van der Waals surface area contributed by atoms with Crippen LogP contribution < -0.4 is 10.6 Å². The van der Waals surface area contributed by atoms with Crippen LogP contribution in [-0.2, 0) is 10.2 Å². The van der Waals surface area contributed by atoms with Gasteiger partial charge >= 0.3 is 0 Å². The van der Waals surface area contributed by atoms with Crippen LogP contribution in [0.25, 0.3) is 0 Å². The Labute approximate surface area is 127 Å². The number of aromatic nitrogens is 2. The lowest BCUT2D eigenvalue weighted by molar-refractivity contribution is -0.127. The van der Waals surface area contributed by atoms with Gasteiger partial charge in [-0.05, 0) is 31.8 Å². The van der Waals surface area contributed by atoms with E-state index in [1.165, 1.54) is 0 Å². The maximum Gasteiger partial charge on any atom is 0.231 e.